The quantitative estimate of drug-likeness (QED) is 0.444. The van der Waals surface area contributed by atoms with Crippen LogP contribution in [-0.4, -0.2) is 18.1 Å². The van der Waals surface area contributed by atoms with Gasteiger partial charge >= 0.3 is 0 Å². The van der Waals surface area contributed by atoms with E-state index in [1.165, 1.54) is 4.88 Å². The second-order valence-corrected chi connectivity index (χ2v) is 5.33. The average molecular weight is 418 g/mol. The van der Waals surface area contributed by atoms with Crippen LogP contribution in [-0.2, 0) is 13.0 Å². The normalized spacial score (nSPS) is 10.9. The van der Waals surface area contributed by atoms with Gasteiger partial charge in [-0.2, -0.15) is 0 Å². The Labute approximate surface area is 145 Å². The van der Waals surface area contributed by atoms with E-state index in [0.717, 1.165) is 22.9 Å². The number of thiazole rings is 1. The van der Waals surface area contributed by atoms with E-state index < -0.39 is 0 Å². The van der Waals surface area contributed by atoms with Gasteiger partial charge < -0.3 is 15.8 Å². The molecule has 0 amide bonds. The predicted molar refractivity (Wildman–Crippen MR) is 98.9 cm³/mol. The van der Waals surface area contributed by atoms with Gasteiger partial charge in [-0.05, 0) is 30.7 Å². The SMILES string of the molecule is CCc1cnc(CN=C(N)Nc2ccc(OC)cc2)s1.I. The number of guanidine groups is 1. The van der Waals surface area contributed by atoms with E-state index in [4.69, 9.17) is 10.5 Å². The molecule has 21 heavy (non-hydrogen) atoms. The summed E-state index contributed by atoms with van der Waals surface area (Å²) in [5, 5.41) is 4.01. The number of aromatic nitrogens is 1. The summed E-state index contributed by atoms with van der Waals surface area (Å²) in [6.07, 6.45) is 2.89. The molecule has 1 aromatic heterocycles. The molecule has 0 bridgehead atoms. The van der Waals surface area contributed by atoms with Gasteiger partial charge in [0.1, 0.15) is 10.8 Å². The maximum atomic E-state index is 5.85. The highest BCUT2D eigenvalue weighted by Gasteiger charge is 2.00. The monoisotopic (exact) mass is 418 g/mol. The average Bonchev–Trinajstić information content (AvgIpc) is 2.94. The summed E-state index contributed by atoms with van der Waals surface area (Å²) in [5.41, 5.74) is 6.72. The van der Waals surface area contributed by atoms with Gasteiger partial charge in [0.25, 0.3) is 0 Å². The van der Waals surface area contributed by atoms with Gasteiger partial charge in [-0.15, -0.1) is 35.3 Å². The van der Waals surface area contributed by atoms with E-state index in [1.54, 1.807) is 18.4 Å². The molecule has 0 saturated heterocycles. The molecule has 7 heteroatoms. The molecule has 0 aliphatic rings. The minimum atomic E-state index is 0. The van der Waals surface area contributed by atoms with Crippen molar-refractivity contribution in [1.29, 1.82) is 0 Å². The number of nitrogens with one attached hydrogen (secondary N) is 1. The minimum Gasteiger partial charge on any atom is -0.497 e. The molecule has 0 aliphatic carbocycles. The first kappa shape index (κ1) is 17.7. The van der Waals surface area contributed by atoms with Crippen LogP contribution in [0, 0.1) is 0 Å². The minimum absolute atomic E-state index is 0. The maximum absolute atomic E-state index is 5.85. The largest absolute Gasteiger partial charge is 0.497 e. The molecule has 2 rings (SSSR count). The summed E-state index contributed by atoms with van der Waals surface area (Å²) in [7, 11) is 1.64. The molecular formula is C14H19IN4OS. The standard InChI is InChI=1S/C14H18N4OS.HI/c1-3-12-8-16-13(20-12)9-17-14(15)18-10-4-6-11(19-2)7-5-10;/h4-8H,3,9H2,1-2H3,(H3,15,17,18);1H. The highest BCUT2D eigenvalue weighted by Crippen LogP contribution is 2.16. The Bertz CT molecular complexity index is 583. The Morgan fingerprint density at radius 1 is 1.38 bits per heavy atom. The molecule has 0 aliphatic heterocycles. The molecule has 5 nitrogen and oxygen atoms in total. The summed E-state index contributed by atoms with van der Waals surface area (Å²) >= 11 is 1.67. The number of anilines is 1. The van der Waals surface area contributed by atoms with Gasteiger partial charge in [0.05, 0.1) is 13.7 Å². The third-order valence-electron chi connectivity index (χ3n) is 2.70. The van der Waals surface area contributed by atoms with Crippen LogP contribution in [0.3, 0.4) is 0 Å². The van der Waals surface area contributed by atoms with Gasteiger partial charge in [0.2, 0.25) is 0 Å². The van der Waals surface area contributed by atoms with Crippen molar-refractivity contribution in [2.75, 3.05) is 12.4 Å². The highest BCUT2D eigenvalue weighted by atomic mass is 127. The lowest BCUT2D eigenvalue weighted by Gasteiger charge is -2.06. The molecule has 2 aromatic rings. The van der Waals surface area contributed by atoms with Crippen LogP contribution < -0.4 is 15.8 Å². The van der Waals surface area contributed by atoms with Crippen LogP contribution in [0.5, 0.6) is 5.75 Å². The van der Waals surface area contributed by atoms with Crippen molar-refractivity contribution in [1.82, 2.24) is 4.98 Å². The molecule has 114 valence electrons. The van der Waals surface area contributed by atoms with Crippen LogP contribution in [0.4, 0.5) is 5.69 Å². The lowest BCUT2D eigenvalue weighted by Crippen LogP contribution is -2.22. The predicted octanol–water partition coefficient (Wildman–Crippen LogP) is 3.26. The number of methoxy groups -OCH3 is 1. The highest BCUT2D eigenvalue weighted by molar-refractivity contribution is 14.0. The number of ether oxygens (including phenoxy) is 1. The van der Waals surface area contributed by atoms with Crippen molar-refractivity contribution in [2.45, 2.75) is 19.9 Å². The number of nitrogens with two attached hydrogens (primary N) is 1. The molecule has 3 N–H and O–H groups in total. The second kappa shape index (κ2) is 8.83. The van der Waals surface area contributed by atoms with Gasteiger partial charge in [-0.25, -0.2) is 9.98 Å². The molecule has 0 unspecified atom stereocenters. The van der Waals surface area contributed by atoms with Gasteiger partial charge in [-0.1, -0.05) is 6.92 Å². The van der Waals surface area contributed by atoms with Crippen molar-refractivity contribution in [3.05, 3.63) is 40.3 Å². The Hall–Kier alpha value is -1.35. The number of nitrogens with zero attached hydrogens (tertiary/aromatic N) is 2. The van der Waals surface area contributed by atoms with Gasteiger partial charge in [-0.3, -0.25) is 0 Å². The van der Waals surface area contributed by atoms with Crippen molar-refractivity contribution in [2.24, 2.45) is 10.7 Å². The number of aryl methyl sites for hydroxylation is 1. The first-order valence-electron chi connectivity index (χ1n) is 6.36. The first-order valence-corrected chi connectivity index (χ1v) is 7.17. The van der Waals surface area contributed by atoms with Crippen molar-refractivity contribution < 1.29 is 4.74 Å². The van der Waals surface area contributed by atoms with Gasteiger partial charge in [0.15, 0.2) is 5.96 Å². The molecule has 0 saturated carbocycles. The molecule has 1 aromatic carbocycles. The van der Waals surface area contributed by atoms with Gasteiger partial charge in [0, 0.05) is 16.8 Å². The molecule has 0 atom stereocenters. The lowest BCUT2D eigenvalue weighted by molar-refractivity contribution is 0.415. The second-order valence-electron chi connectivity index (χ2n) is 4.13. The third-order valence-corrected chi connectivity index (χ3v) is 3.82. The Balaban J connectivity index is 0.00000220. The number of hydrogen-bond acceptors (Lipinski definition) is 4. The number of aliphatic imine (C=N–C) groups is 1. The summed E-state index contributed by atoms with van der Waals surface area (Å²) < 4.78 is 5.10. The molecular weight excluding hydrogens is 399 g/mol. The van der Waals surface area contributed by atoms with E-state index in [9.17, 15) is 0 Å². The zero-order valence-corrected chi connectivity index (χ0v) is 15.1. The van der Waals surface area contributed by atoms with E-state index in [0.29, 0.717) is 12.5 Å². The summed E-state index contributed by atoms with van der Waals surface area (Å²) in [4.78, 5) is 9.84. The van der Waals surface area contributed by atoms with E-state index in [2.05, 4.69) is 22.2 Å². The molecule has 0 spiro atoms. The first-order chi connectivity index (χ1) is 9.71. The fourth-order valence-corrected chi connectivity index (χ4v) is 2.39. The number of rotatable bonds is 5. The van der Waals surface area contributed by atoms with E-state index in [-0.39, 0.29) is 24.0 Å². The summed E-state index contributed by atoms with van der Waals surface area (Å²) in [6.45, 7) is 2.61. The number of hydrogen-bond donors (Lipinski definition) is 2. The molecule has 0 fully saturated rings. The molecule has 0 radical (unpaired) electrons. The fraction of sp³-hybridized carbons (Fsp3) is 0.286. The number of halogens is 1. The van der Waals surface area contributed by atoms with Crippen LogP contribution in [0.1, 0.15) is 16.8 Å². The van der Waals surface area contributed by atoms with Crippen molar-refractivity contribution >= 4 is 47.0 Å². The van der Waals surface area contributed by atoms with Crippen LogP contribution in [0.25, 0.3) is 0 Å². The Morgan fingerprint density at radius 2 is 2.10 bits per heavy atom. The summed E-state index contributed by atoms with van der Waals surface area (Å²) in [6, 6.07) is 7.51. The zero-order valence-electron chi connectivity index (χ0n) is 12.0. The number of benzene rings is 1. The van der Waals surface area contributed by atoms with Crippen molar-refractivity contribution in [3.63, 3.8) is 0 Å². The topological polar surface area (TPSA) is 72.5 Å². The van der Waals surface area contributed by atoms with E-state index >= 15 is 0 Å². The van der Waals surface area contributed by atoms with E-state index in [1.807, 2.05) is 30.5 Å². The zero-order chi connectivity index (χ0) is 14.4. The fourth-order valence-electron chi connectivity index (χ4n) is 1.60. The van der Waals surface area contributed by atoms with Crippen LogP contribution in [0.15, 0.2) is 35.5 Å². The Morgan fingerprint density at radius 3 is 2.67 bits per heavy atom. The van der Waals surface area contributed by atoms with Crippen molar-refractivity contribution in [3.8, 4) is 5.75 Å². The van der Waals surface area contributed by atoms with Crippen LogP contribution in [0.2, 0.25) is 0 Å². The Kier molecular flexibility index (Phi) is 7.44. The summed E-state index contributed by atoms with van der Waals surface area (Å²) in [5.74, 6) is 1.18. The van der Waals surface area contributed by atoms with Crippen LogP contribution >= 0.6 is 35.3 Å². The third kappa shape index (κ3) is 5.50. The lowest BCUT2D eigenvalue weighted by atomic mass is 10.3. The maximum Gasteiger partial charge on any atom is 0.193 e. The molecule has 1 heterocycles. The smallest absolute Gasteiger partial charge is 0.193 e.